The molecule has 0 spiro atoms. The lowest BCUT2D eigenvalue weighted by Crippen LogP contribution is -2.08. The zero-order chi connectivity index (χ0) is 17.4. The number of fused-ring (bicyclic) bond motifs is 1. The van der Waals surface area contributed by atoms with Gasteiger partial charge in [0.15, 0.2) is 17.0 Å². The van der Waals surface area contributed by atoms with Gasteiger partial charge in [-0.1, -0.05) is 11.6 Å². The number of anilines is 2. The lowest BCUT2D eigenvalue weighted by molar-refractivity contribution is 0.0592. The molecule has 7 nitrogen and oxygen atoms in total. The van der Waals surface area contributed by atoms with E-state index in [1.807, 2.05) is 0 Å². The molecule has 3 heterocycles. The van der Waals surface area contributed by atoms with Crippen molar-refractivity contribution in [1.29, 1.82) is 0 Å². The van der Waals surface area contributed by atoms with Crippen molar-refractivity contribution in [2.75, 3.05) is 19.0 Å². The molecular weight excluding hydrogens is 349 g/mol. The Morgan fingerprint density at radius 3 is 3.04 bits per heavy atom. The second-order valence-corrected chi connectivity index (χ2v) is 6.01. The van der Waals surface area contributed by atoms with E-state index in [9.17, 15) is 4.39 Å². The number of rotatable bonds is 4. The van der Waals surface area contributed by atoms with Crippen LogP contribution in [-0.2, 0) is 4.74 Å². The second kappa shape index (κ2) is 6.45. The number of nitrogens with zero attached hydrogens (tertiary/aromatic N) is 4. The third-order valence-electron chi connectivity index (χ3n) is 4.04. The highest BCUT2D eigenvalue weighted by Gasteiger charge is 2.22. The highest BCUT2D eigenvalue weighted by molar-refractivity contribution is 6.33. The van der Waals surface area contributed by atoms with E-state index in [0.717, 1.165) is 12.8 Å². The van der Waals surface area contributed by atoms with Crippen LogP contribution in [0, 0.1) is 6.08 Å². The minimum atomic E-state index is -0.853. The number of imidazole rings is 1. The van der Waals surface area contributed by atoms with Gasteiger partial charge in [0, 0.05) is 12.7 Å². The molecule has 130 valence electrons. The van der Waals surface area contributed by atoms with E-state index in [-0.39, 0.29) is 12.0 Å². The Kier molecular flexibility index (Phi) is 4.14. The SMILES string of the molecule is COc1ccc(Cl)c(Nc2nc(F)nc3c2ncn3C2CCCO2)c1. The topological polar surface area (TPSA) is 74.1 Å². The summed E-state index contributed by atoms with van der Waals surface area (Å²) in [6, 6.07) is 5.11. The van der Waals surface area contributed by atoms with Gasteiger partial charge < -0.3 is 14.8 Å². The molecule has 25 heavy (non-hydrogen) atoms. The molecule has 9 heteroatoms. The van der Waals surface area contributed by atoms with Crippen molar-refractivity contribution in [3.63, 3.8) is 0 Å². The Hall–Kier alpha value is -2.45. The minimum Gasteiger partial charge on any atom is -0.497 e. The van der Waals surface area contributed by atoms with Crippen LogP contribution in [0.2, 0.25) is 5.02 Å². The molecule has 0 aliphatic carbocycles. The maximum Gasteiger partial charge on any atom is 0.312 e. The van der Waals surface area contributed by atoms with Crippen LogP contribution in [0.4, 0.5) is 15.9 Å². The fraction of sp³-hybridized carbons (Fsp3) is 0.312. The first kappa shape index (κ1) is 16.0. The summed E-state index contributed by atoms with van der Waals surface area (Å²) in [5, 5.41) is 3.47. The fourth-order valence-electron chi connectivity index (χ4n) is 2.82. The smallest absolute Gasteiger partial charge is 0.312 e. The van der Waals surface area contributed by atoms with Gasteiger partial charge >= 0.3 is 6.08 Å². The standard InChI is InChI=1S/C16H15ClFN5O2/c1-24-9-4-5-10(17)11(7-9)20-14-13-15(22-16(18)21-14)23(8-19-13)12-3-2-6-25-12/h4-5,7-8,12H,2-3,6H2,1H3,(H,20,21,22). The Labute approximate surface area is 147 Å². The van der Waals surface area contributed by atoms with Gasteiger partial charge in [-0.3, -0.25) is 4.57 Å². The second-order valence-electron chi connectivity index (χ2n) is 5.60. The van der Waals surface area contributed by atoms with Crippen LogP contribution in [0.15, 0.2) is 24.5 Å². The van der Waals surface area contributed by atoms with Gasteiger partial charge in [-0.05, 0) is 25.0 Å². The number of methoxy groups -OCH3 is 1. The predicted octanol–water partition coefficient (Wildman–Crippen LogP) is 3.68. The molecule has 4 rings (SSSR count). The van der Waals surface area contributed by atoms with Gasteiger partial charge in [0.25, 0.3) is 0 Å². The Bertz CT molecular complexity index is 926. The van der Waals surface area contributed by atoms with E-state index in [1.165, 1.54) is 0 Å². The van der Waals surface area contributed by atoms with E-state index >= 15 is 0 Å². The quantitative estimate of drug-likeness (QED) is 0.713. The Morgan fingerprint density at radius 1 is 1.40 bits per heavy atom. The molecule has 1 unspecified atom stereocenters. The summed E-state index contributed by atoms with van der Waals surface area (Å²) in [6.45, 7) is 0.669. The summed E-state index contributed by atoms with van der Waals surface area (Å²) in [6.07, 6.45) is 2.33. The summed E-state index contributed by atoms with van der Waals surface area (Å²) in [5.74, 6) is 0.844. The van der Waals surface area contributed by atoms with Crippen molar-refractivity contribution in [3.8, 4) is 5.75 Å². The van der Waals surface area contributed by atoms with Crippen LogP contribution >= 0.6 is 11.6 Å². The first-order valence-corrected chi connectivity index (χ1v) is 8.16. The first-order valence-electron chi connectivity index (χ1n) is 7.78. The average Bonchev–Trinajstić information content (AvgIpc) is 3.25. The predicted molar refractivity (Wildman–Crippen MR) is 90.8 cm³/mol. The number of hydrogen-bond donors (Lipinski definition) is 1. The molecule has 1 saturated heterocycles. The van der Waals surface area contributed by atoms with Gasteiger partial charge in [-0.2, -0.15) is 14.4 Å². The van der Waals surface area contributed by atoms with E-state index in [0.29, 0.717) is 34.2 Å². The van der Waals surface area contributed by atoms with E-state index < -0.39 is 6.08 Å². The summed E-state index contributed by atoms with van der Waals surface area (Å²) in [7, 11) is 1.55. The number of halogens is 2. The molecule has 0 radical (unpaired) electrons. The van der Waals surface area contributed by atoms with Crippen LogP contribution in [0.3, 0.4) is 0 Å². The van der Waals surface area contributed by atoms with Crippen LogP contribution in [-0.4, -0.2) is 33.2 Å². The third-order valence-corrected chi connectivity index (χ3v) is 4.37. The lowest BCUT2D eigenvalue weighted by atomic mass is 10.3. The molecule has 1 N–H and O–H groups in total. The molecular formula is C16H15ClFN5O2. The normalized spacial score (nSPS) is 17.2. The van der Waals surface area contributed by atoms with E-state index in [1.54, 1.807) is 36.2 Å². The first-order chi connectivity index (χ1) is 12.2. The maximum absolute atomic E-state index is 14.0. The van der Waals surface area contributed by atoms with Crippen molar-refractivity contribution in [2.45, 2.75) is 19.1 Å². The van der Waals surface area contributed by atoms with Crippen LogP contribution in [0.5, 0.6) is 5.75 Å². The average molecular weight is 364 g/mol. The molecule has 1 aliphatic rings. The summed E-state index contributed by atoms with van der Waals surface area (Å²) in [5.41, 5.74) is 1.35. The number of hydrogen-bond acceptors (Lipinski definition) is 6. The van der Waals surface area contributed by atoms with Gasteiger partial charge in [0.2, 0.25) is 0 Å². The summed E-state index contributed by atoms with van der Waals surface area (Å²) >= 11 is 6.20. The minimum absolute atomic E-state index is 0.187. The summed E-state index contributed by atoms with van der Waals surface area (Å²) < 4.78 is 26.5. The molecule has 1 aromatic carbocycles. The van der Waals surface area contributed by atoms with Gasteiger partial charge in [0.1, 0.15) is 12.0 Å². The van der Waals surface area contributed by atoms with Crippen molar-refractivity contribution in [2.24, 2.45) is 0 Å². The van der Waals surface area contributed by atoms with Crippen molar-refractivity contribution < 1.29 is 13.9 Å². The van der Waals surface area contributed by atoms with Gasteiger partial charge in [-0.25, -0.2) is 4.98 Å². The zero-order valence-electron chi connectivity index (χ0n) is 13.4. The van der Waals surface area contributed by atoms with Gasteiger partial charge in [-0.15, -0.1) is 0 Å². The van der Waals surface area contributed by atoms with E-state index in [4.69, 9.17) is 21.1 Å². The van der Waals surface area contributed by atoms with Crippen molar-refractivity contribution in [1.82, 2.24) is 19.5 Å². The van der Waals surface area contributed by atoms with Crippen LogP contribution < -0.4 is 10.1 Å². The van der Waals surface area contributed by atoms with Crippen molar-refractivity contribution >= 4 is 34.3 Å². The third kappa shape index (κ3) is 2.98. The number of nitrogens with one attached hydrogen (secondary N) is 1. The molecule has 1 aliphatic heterocycles. The highest BCUT2D eigenvalue weighted by Crippen LogP contribution is 2.32. The van der Waals surface area contributed by atoms with Crippen molar-refractivity contribution in [3.05, 3.63) is 35.6 Å². The zero-order valence-corrected chi connectivity index (χ0v) is 14.1. The molecule has 2 aromatic heterocycles. The molecule has 3 aromatic rings. The molecule has 0 amide bonds. The maximum atomic E-state index is 14.0. The number of benzene rings is 1. The lowest BCUT2D eigenvalue weighted by Gasteiger charge is -2.12. The highest BCUT2D eigenvalue weighted by atomic mass is 35.5. The molecule has 0 bridgehead atoms. The number of aromatic nitrogens is 4. The Morgan fingerprint density at radius 2 is 2.28 bits per heavy atom. The number of ether oxygens (including phenoxy) is 2. The van der Waals surface area contributed by atoms with Gasteiger partial charge in [0.05, 0.1) is 24.1 Å². The fourth-order valence-corrected chi connectivity index (χ4v) is 2.99. The largest absolute Gasteiger partial charge is 0.497 e. The van der Waals surface area contributed by atoms with Crippen LogP contribution in [0.1, 0.15) is 19.1 Å². The molecule has 1 atom stereocenters. The monoisotopic (exact) mass is 363 g/mol. The molecule has 0 saturated carbocycles. The molecule has 1 fully saturated rings. The van der Waals surface area contributed by atoms with Crippen LogP contribution in [0.25, 0.3) is 11.2 Å². The summed E-state index contributed by atoms with van der Waals surface area (Å²) in [4.78, 5) is 12.0. The Balaban J connectivity index is 1.77. The van der Waals surface area contributed by atoms with E-state index in [2.05, 4.69) is 20.3 Å².